The summed E-state index contributed by atoms with van der Waals surface area (Å²) in [6.45, 7) is 6.81. The van der Waals surface area contributed by atoms with Gasteiger partial charge in [-0.3, -0.25) is 4.98 Å². The number of fused-ring (bicyclic) bond motifs is 1. The third kappa shape index (κ3) is 5.06. The molecule has 3 aromatic heterocycles. The van der Waals surface area contributed by atoms with Crippen LogP contribution < -0.4 is 16.0 Å². The summed E-state index contributed by atoms with van der Waals surface area (Å²) < 4.78 is 30.7. The maximum Gasteiger partial charge on any atom is 0.407 e. The SMILES string of the molecule is CC(C)(C)OC(=O)N[C@@H]1CCCN(c2cc(-c3ccc(S(C)(=O)=O)cn3)n3ncnc(N)c23)C1. The number of carbonyl (C=O) groups excluding carboxylic acids is 1. The van der Waals surface area contributed by atoms with E-state index < -0.39 is 21.5 Å². The van der Waals surface area contributed by atoms with Crippen molar-refractivity contribution in [3.05, 3.63) is 30.7 Å². The van der Waals surface area contributed by atoms with Gasteiger partial charge in [-0.05, 0) is 51.8 Å². The van der Waals surface area contributed by atoms with Crippen LogP contribution in [0.5, 0.6) is 0 Å². The minimum Gasteiger partial charge on any atom is -0.444 e. The van der Waals surface area contributed by atoms with Gasteiger partial charge in [-0.15, -0.1) is 0 Å². The molecule has 1 fully saturated rings. The summed E-state index contributed by atoms with van der Waals surface area (Å²) in [5, 5.41) is 7.32. The van der Waals surface area contributed by atoms with Crippen LogP contribution >= 0.6 is 0 Å². The zero-order valence-corrected chi connectivity index (χ0v) is 20.5. The molecule has 0 spiro atoms. The minimum atomic E-state index is -3.36. The number of amides is 1. The Labute approximate surface area is 198 Å². The first-order valence-corrected chi connectivity index (χ1v) is 12.8. The van der Waals surface area contributed by atoms with E-state index in [9.17, 15) is 13.2 Å². The first-order chi connectivity index (χ1) is 15.9. The van der Waals surface area contributed by atoms with Gasteiger partial charge in [0, 0.05) is 31.6 Å². The molecule has 182 valence electrons. The van der Waals surface area contributed by atoms with Crippen LogP contribution in [0.15, 0.2) is 35.6 Å². The van der Waals surface area contributed by atoms with Crippen LogP contribution in [-0.4, -0.2) is 65.1 Å². The first kappa shape index (κ1) is 23.7. The fourth-order valence-electron chi connectivity index (χ4n) is 4.01. The molecule has 3 aromatic rings. The third-order valence-electron chi connectivity index (χ3n) is 5.47. The van der Waals surface area contributed by atoms with E-state index in [0.29, 0.717) is 29.3 Å². The van der Waals surface area contributed by atoms with E-state index in [-0.39, 0.29) is 10.9 Å². The topological polar surface area (TPSA) is 145 Å². The normalized spacial score (nSPS) is 17.1. The van der Waals surface area contributed by atoms with Crippen LogP contribution in [0.4, 0.5) is 16.3 Å². The quantitative estimate of drug-likeness (QED) is 0.566. The molecular weight excluding hydrogens is 458 g/mol. The van der Waals surface area contributed by atoms with Gasteiger partial charge < -0.3 is 20.7 Å². The highest BCUT2D eigenvalue weighted by Crippen LogP contribution is 2.34. The van der Waals surface area contributed by atoms with E-state index in [1.807, 2.05) is 26.8 Å². The molecule has 0 aliphatic carbocycles. The Kier molecular flexibility index (Phi) is 6.11. The molecule has 4 rings (SSSR count). The number of rotatable bonds is 4. The molecular formula is C22H29N7O4S. The summed E-state index contributed by atoms with van der Waals surface area (Å²) in [6.07, 6.45) is 5.08. The summed E-state index contributed by atoms with van der Waals surface area (Å²) in [6, 6.07) is 4.98. The van der Waals surface area contributed by atoms with Crippen LogP contribution in [0.1, 0.15) is 33.6 Å². The lowest BCUT2D eigenvalue weighted by Crippen LogP contribution is -2.49. The molecule has 0 aromatic carbocycles. The number of sulfone groups is 1. The number of hydrogen-bond acceptors (Lipinski definition) is 9. The molecule has 0 bridgehead atoms. The van der Waals surface area contributed by atoms with Gasteiger partial charge in [0.15, 0.2) is 15.7 Å². The van der Waals surface area contributed by atoms with Crippen molar-refractivity contribution in [1.29, 1.82) is 0 Å². The van der Waals surface area contributed by atoms with Crippen molar-refractivity contribution >= 4 is 33.0 Å². The van der Waals surface area contributed by atoms with Gasteiger partial charge >= 0.3 is 6.09 Å². The number of aromatic nitrogens is 4. The molecule has 0 saturated carbocycles. The van der Waals surface area contributed by atoms with Crippen LogP contribution in [-0.2, 0) is 14.6 Å². The fraction of sp³-hybridized carbons (Fsp3) is 0.455. The van der Waals surface area contributed by atoms with E-state index in [2.05, 4.69) is 25.3 Å². The number of piperidine rings is 1. The van der Waals surface area contributed by atoms with E-state index in [0.717, 1.165) is 31.3 Å². The summed E-state index contributed by atoms with van der Waals surface area (Å²) in [5.41, 5.74) is 8.31. The van der Waals surface area contributed by atoms with Crippen LogP contribution in [0.3, 0.4) is 0 Å². The van der Waals surface area contributed by atoms with Crippen LogP contribution in [0, 0.1) is 0 Å². The summed E-state index contributed by atoms with van der Waals surface area (Å²) in [7, 11) is -3.36. The van der Waals surface area contributed by atoms with Crippen molar-refractivity contribution in [3.63, 3.8) is 0 Å². The number of carbonyl (C=O) groups is 1. The Morgan fingerprint density at radius 2 is 2.03 bits per heavy atom. The van der Waals surface area contributed by atoms with E-state index in [1.165, 1.54) is 18.6 Å². The van der Waals surface area contributed by atoms with Crippen molar-refractivity contribution < 1.29 is 17.9 Å². The maximum absolute atomic E-state index is 12.3. The number of ether oxygens (including phenoxy) is 1. The van der Waals surface area contributed by atoms with Crippen molar-refractivity contribution in [2.45, 2.75) is 50.2 Å². The number of nitrogens with one attached hydrogen (secondary N) is 1. The molecule has 0 unspecified atom stereocenters. The van der Waals surface area contributed by atoms with Crippen LogP contribution in [0.2, 0.25) is 0 Å². The number of nitrogens with zero attached hydrogens (tertiary/aromatic N) is 5. The largest absolute Gasteiger partial charge is 0.444 e. The van der Waals surface area contributed by atoms with Gasteiger partial charge in [0.25, 0.3) is 0 Å². The first-order valence-electron chi connectivity index (χ1n) is 11.0. The number of nitrogen functional groups attached to an aromatic ring is 1. The summed E-state index contributed by atoms with van der Waals surface area (Å²) >= 11 is 0. The molecule has 0 radical (unpaired) electrons. The lowest BCUT2D eigenvalue weighted by atomic mass is 10.1. The predicted molar refractivity (Wildman–Crippen MR) is 128 cm³/mol. The Bertz CT molecular complexity index is 1310. The number of pyridine rings is 1. The monoisotopic (exact) mass is 487 g/mol. The fourth-order valence-corrected chi connectivity index (χ4v) is 4.57. The summed E-state index contributed by atoms with van der Waals surface area (Å²) in [5.74, 6) is 0.311. The van der Waals surface area contributed by atoms with Gasteiger partial charge in [-0.25, -0.2) is 22.7 Å². The molecule has 4 heterocycles. The molecule has 1 atom stereocenters. The molecule has 12 heteroatoms. The average Bonchev–Trinajstić information content (AvgIpc) is 3.13. The van der Waals surface area contributed by atoms with Crippen molar-refractivity contribution in [3.8, 4) is 11.4 Å². The van der Waals surface area contributed by atoms with Crippen molar-refractivity contribution in [2.24, 2.45) is 0 Å². The predicted octanol–water partition coefficient (Wildman–Crippen LogP) is 2.27. The minimum absolute atomic E-state index is 0.0972. The zero-order valence-electron chi connectivity index (χ0n) is 19.6. The van der Waals surface area contributed by atoms with Gasteiger partial charge in [0.1, 0.15) is 17.4 Å². The molecule has 1 amide bonds. The molecule has 1 aliphatic rings. The van der Waals surface area contributed by atoms with Gasteiger partial charge in [-0.2, -0.15) is 5.10 Å². The average molecular weight is 488 g/mol. The van der Waals surface area contributed by atoms with Crippen molar-refractivity contribution in [2.75, 3.05) is 30.0 Å². The van der Waals surface area contributed by atoms with Gasteiger partial charge in [-0.1, -0.05) is 0 Å². The highest BCUT2D eigenvalue weighted by Gasteiger charge is 2.27. The Morgan fingerprint density at radius 1 is 1.26 bits per heavy atom. The van der Waals surface area contributed by atoms with E-state index in [4.69, 9.17) is 10.5 Å². The van der Waals surface area contributed by atoms with E-state index in [1.54, 1.807) is 10.6 Å². The second-order valence-electron chi connectivity index (χ2n) is 9.40. The molecule has 3 N–H and O–H groups in total. The Hall–Kier alpha value is -3.41. The molecule has 34 heavy (non-hydrogen) atoms. The number of nitrogens with two attached hydrogens (primary N) is 1. The highest BCUT2D eigenvalue weighted by molar-refractivity contribution is 7.90. The molecule has 11 nitrogen and oxygen atoms in total. The van der Waals surface area contributed by atoms with E-state index >= 15 is 0 Å². The Balaban J connectivity index is 1.66. The van der Waals surface area contributed by atoms with Crippen molar-refractivity contribution in [1.82, 2.24) is 24.9 Å². The van der Waals surface area contributed by atoms with Gasteiger partial charge in [0.05, 0.1) is 22.0 Å². The van der Waals surface area contributed by atoms with Gasteiger partial charge in [0.2, 0.25) is 0 Å². The Morgan fingerprint density at radius 3 is 2.68 bits per heavy atom. The smallest absolute Gasteiger partial charge is 0.407 e. The number of alkyl carbamates (subject to hydrolysis) is 1. The molecule has 1 saturated heterocycles. The zero-order chi connectivity index (χ0) is 24.7. The second kappa shape index (κ2) is 8.75. The molecule has 1 aliphatic heterocycles. The number of hydrogen-bond donors (Lipinski definition) is 2. The third-order valence-corrected chi connectivity index (χ3v) is 6.57. The summed E-state index contributed by atoms with van der Waals surface area (Å²) in [4.78, 5) is 23.1. The maximum atomic E-state index is 12.3. The number of anilines is 2. The van der Waals surface area contributed by atoms with Crippen LogP contribution in [0.25, 0.3) is 16.9 Å². The highest BCUT2D eigenvalue weighted by atomic mass is 32.2. The lowest BCUT2D eigenvalue weighted by molar-refractivity contribution is 0.0500. The second-order valence-corrected chi connectivity index (χ2v) is 11.4. The lowest BCUT2D eigenvalue weighted by Gasteiger charge is -2.34. The standard InChI is InChI=1S/C22H29N7O4S/c1-22(2,3)33-21(30)27-14-6-5-9-28(12-14)18-10-17(29-19(18)20(23)25-13-26-29)16-8-7-15(11-24-16)34(4,31)32/h7-8,10-11,13-14H,5-6,9,12H2,1-4H3,(H,27,30)(H2,23,25,26)/t14-/m1/s1.